The first kappa shape index (κ1) is 16.8. The Morgan fingerprint density at radius 2 is 2.15 bits per heavy atom. The smallest absolute Gasteiger partial charge is 0.372 e. The normalized spacial score (nSPS) is 13.7. The summed E-state index contributed by atoms with van der Waals surface area (Å²) < 4.78 is 40.5. The topological polar surface area (TPSA) is 64.9 Å². The van der Waals surface area contributed by atoms with Gasteiger partial charge in [-0.3, -0.25) is 0 Å². The lowest BCUT2D eigenvalue weighted by molar-refractivity contribution is -0.174. The number of hydrogen-bond donors (Lipinski definition) is 1. The lowest BCUT2D eigenvalue weighted by Crippen LogP contribution is -2.33. The van der Waals surface area contributed by atoms with Crippen molar-refractivity contribution < 1.29 is 17.9 Å². The Morgan fingerprint density at radius 3 is 2.70 bits per heavy atom. The van der Waals surface area contributed by atoms with Gasteiger partial charge in [0.05, 0.1) is 7.05 Å². The van der Waals surface area contributed by atoms with Gasteiger partial charge in [-0.2, -0.15) is 18.0 Å². The predicted molar refractivity (Wildman–Crippen MR) is 66.1 cm³/mol. The molecule has 0 saturated heterocycles. The average molecular weight is 295 g/mol. The van der Waals surface area contributed by atoms with Gasteiger partial charge in [0.15, 0.2) is 5.82 Å². The highest BCUT2D eigenvalue weighted by molar-refractivity contribution is 4.84. The molecule has 1 aromatic heterocycles. The summed E-state index contributed by atoms with van der Waals surface area (Å²) in [5.74, 6) is 0.567. The van der Waals surface area contributed by atoms with E-state index >= 15 is 0 Å². The second-order valence-corrected chi connectivity index (χ2v) is 4.51. The van der Waals surface area contributed by atoms with Gasteiger partial charge < -0.3 is 10.1 Å². The average Bonchev–Trinajstić information content (AvgIpc) is 2.75. The molecule has 1 unspecified atom stereocenters. The standard InChI is InChI=1S/C11H20F3N5O/c1-3-5-15-9(4-6-20-8-11(12,13)14)7-10-16-18-19(2)17-10/h9,15H,3-8H2,1-2H3. The van der Waals surface area contributed by atoms with Crippen LogP contribution in [0.25, 0.3) is 0 Å². The highest BCUT2D eigenvalue weighted by Gasteiger charge is 2.27. The van der Waals surface area contributed by atoms with E-state index in [0.29, 0.717) is 18.7 Å². The van der Waals surface area contributed by atoms with Crippen molar-refractivity contribution >= 4 is 0 Å². The van der Waals surface area contributed by atoms with Crippen LogP contribution in [-0.4, -0.2) is 52.2 Å². The number of nitrogens with one attached hydrogen (secondary N) is 1. The van der Waals surface area contributed by atoms with Crippen LogP contribution in [-0.2, 0) is 18.2 Å². The molecule has 0 amide bonds. The first-order valence-corrected chi connectivity index (χ1v) is 6.51. The molecule has 0 radical (unpaired) electrons. The highest BCUT2D eigenvalue weighted by Crippen LogP contribution is 2.14. The van der Waals surface area contributed by atoms with Crippen molar-refractivity contribution in [3.05, 3.63) is 5.82 Å². The molecule has 1 rings (SSSR count). The summed E-state index contributed by atoms with van der Waals surface area (Å²) in [5, 5.41) is 14.9. The monoisotopic (exact) mass is 295 g/mol. The largest absolute Gasteiger partial charge is 0.411 e. The van der Waals surface area contributed by atoms with Gasteiger partial charge >= 0.3 is 6.18 Å². The van der Waals surface area contributed by atoms with Crippen LogP contribution < -0.4 is 5.32 Å². The summed E-state index contributed by atoms with van der Waals surface area (Å²) in [4.78, 5) is 1.35. The molecule has 0 aliphatic heterocycles. The molecule has 1 heterocycles. The van der Waals surface area contributed by atoms with Crippen LogP contribution >= 0.6 is 0 Å². The van der Waals surface area contributed by atoms with Crippen molar-refractivity contribution in [2.75, 3.05) is 19.8 Å². The molecule has 1 aromatic rings. The number of ether oxygens (including phenoxy) is 1. The number of hydrogen-bond acceptors (Lipinski definition) is 5. The zero-order valence-corrected chi connectivity index (χ0v) is 11.7. The number of aromatic nitrogens is 4. The summed E-state index contributed by atoms with van der Waals surface area (Å²) in [6, 6.07) is -0.0209. The molecule has 0 saturated carbocycles. The lowest BCUT2D eigenvalue weighted by atomic mass is 10.1. The maximum Gasteiger partial charge on any atom is 0.411 e. The van der Waals surface area contributed by atoms with Crippen molar-refractivity contribution in [3.63, 3.8) is 0 Å². The number of alkyl halides is 3. The zero-order valence-electron chi connectivity index (χ0n) is 11.7. The van der Waals surface area contributed by atoms with E-state index in [1.54, 1.807) is 7.05 Å². The Bertz CT molecular complexity index is 382. The zero-order chi connectivity index (χ0) is 15.0. The third-order valence-electron chi connectivity index (χ3n) is 2.54. The summed E-state index contributed by atoms with van der Waals surface area (Å²) in [7, 11) is 1.66. The molecule has 6 nitrogen and oxygen atoms in total. The van der Waals surface area contributed by atoms with Crippen LogP contribution in [0.3, 0.4) is 0 Å². The van der Waals surface area contributed by atoms with Crippen molar-refractivity contribution in [1.82, 2.24) is 25.5 Å². The first-order valence-electron chi connectivity index (χ1n) is 6.51. The quantitative estimate of drug-likeness (QED) is 0.691. The van der Waals surface area contributed by atoms with Gasteiger partial charge in [0.1, 0.15) is 6.61 Å². The van der Waals surface area contributed by atoms with Gasteiger partial charge in [-0.15, -0.1) is 10.2 Å². The van der Waals surface area contributed by atoms with Gasteiger partial charge in [-0.25, -0.2) is 0 Å². The number of halogens is 3. The van der Waals surface area contributed by atoms with Crippen LogP contribution in [0.2, 0.25) is 0 Å². The molecule has 0 bridgehead atoms. The number of aryl methyl sites for hydroxylation is 1. The number of rotatable bonds is 9. The van der Waals surface area contributed by atoms with E-state index in [1.165, 1.54) is 4.80 Å². The maximum atomic E-state index is 12.0. The Kier molecular flexibility index (Phi) is 6.86. The molecule has 0 aliphatic carbocycles. The molecule has 0 aliphatic rings. The summed E-state index contributed by atoms with van der Waals surface area (Å²) in [6.45, 7) is 1.63. The van der Waals surface area contributed by atoms with E-state index in [0.717, 1.165) is 13.0 Å². The SMILES string of the molecule is CCCNC(CCOCC(F)(F)F)Cc1nnn(C)n1. The minimum Gasteiger partial charge on any atom is -0.372 e. The van der Waals surface area contributed by atoms with Crippen molar-refractivity contribution in [2.45, 2.75) is 38.4 Å². The van der Waals surface area contributed by atoms with E-state index in [2.05, 4.69) is 25.5 Å². The fourth-order valence-electron chi connectivity index (χ4n) is 1.66. The first-order chi connectivity index (χ1) is 9.40. The molecule has 20 heavy (non-hydrogen) atoms. The van der Waals surface area contributed by atoms with E-state index in [9.17, 15) is 13.2 Å². The summed E-state index contributed by atoms with van der Waals surface area (Å²) in [5.41, 5.74) is 0. The second kappa shape index (κ2) is 8.15. The van der Waals surface area contributed by atoms with Crippen LogP contribution in [0.5, 0.6) is 0 Å². The van der Waals surface area contributed by atoms with E-state index < -0.39 is 12.8 Å². The highest BCUT2D eigenvalue weighted by atomic mass is 19.4. The molecule has 1 atom stereocenters. The maximum absolute atomic E-state index is 12.0. The molecular weight excluding hydrogens is 275 g/mol. The van der Waals surface area contributed by atoms with Gasteiger partial charge in [0, 0.05) is 19.1 Å². The number of tetrazole rings is 1. The van der Waals surface area contributed by atoms with Crippen LogP contribution in [0, 0.1) is 0 Å². The third kappa shape index (κ3) is 7.39. The van der Waals surface area contributed by atoms with E-state index in [1.807, 2.05) is 6.92 Å². The Labute approximate surface area is 115 Å². The summed E-state index contributed by atoms with van der Waals surface area (Å²) in [6.07, 6.45) is -2.36. The minimum atomic E-state index is -4.28. The molecule has 1 N–H and O–H groups in total. The van der Waals surface area contributed by atoms with Gasteiger partial charge in [0.25, 0.3) is 0 Å². The fraction of sp³-hybridized carbons (Fsp3) is 0.909. The van der Waals surface area contributed by atoms with Crippen LogP contribution in [0.15, 0.2) is 0 Å². The van der Waals surface area contributed by atoms with Crippen molar-refractivity contribution in [1.29, 1.82) is 0 Å². The van der Waals surface area contributed by atoms with E-state index in [-0.39, 0.29) is 12.6 Å². The molecule has 0 aromatic carbocycles. The molecule has 116 valence electrons. The van der Waals surface area contributed by atoms with E-state index in [4.69, 9.17) is 0 Å². The molecule has 0 fully saturated rings. The predicted octanol–water partition coefficient (Wildman–Crippen LogP) is 1.09. The Hall–Kier alpha value is -1.22. The Morgan fingerprint density at radius 1 is 1.40 bits per heavy atom. The Balaban J connectivity index is 2.35. The fourth-order valence-corrected chi connectivity index (χ4v) is 1.66. The van der Waals surface area contributed by atoms with Gasteiger partial charge in [-0.05, 0) is 24.6 Å². The lowest BCUT2D eigenvalue weighted by Gasteiger charge is -2.17. The second-order valence-electron chi connectivity index (χ2n) is 4.51. The minimum absolute atomic E-state index is 0.0209. The van der Waals surface area contributed by atoms with Crippen molar-refractivity contribution in [2.24, 2.45) is 7.05 Å². The van der Waals surface area contributed by atoms with Gasteiger partial charge in [-0.1, -0.05) is 6.92 Å². The van der Waals surface area contributed by atoms with Crippen molar-refractivity contribution in [3.8, 4) is 0 Å². The molecular formula is C11H20F3N5O. The van der Waals surface area contributed by atoms with Crippen LogP contribution in [0.1, 0.15) is 25.6 Å². The molecule has 0 spiro atoms. The van der Waals surface area contributed by atoms with Gasteiger partial charge in [0.2, 0.25) is 0 Å². The molecule has 9 heteroatoms. The third-order valence-corrected chi connectivity index (χ3v) is 2.54. The number of nitrogens with zero attached hydrogens (tertiary/aromatic N) is 4. The van der Waals surface area contributed by atoms with Crippen LogP contribution in [0.4, 0.5) is 13.2 Å². The summed E-state index contributed by atoms with van der Waals surface area (Å²) >= 11 is 0.